The van der Waals surface area contributed by atoms with E-state index in [1.165, 1.54) is 145 Å². The zero-order chi connectivity index (χ0) is 64.0. The molecule has 0 amide bonds. The van der Waals surface area contributed by atoms with E-state index in [2.05, 4.69) is 112 Å². The minimum atomic E-state index is -4.96. The molecule has 4 N–H and O–H groups in total. The van der Waals surface area contributed by atoms with Crippen molar-refractivity contribution in [3.63, 3.8) is 0 Å². The molecule has 0 unspecified atom stereocenters. The van der Waals surface area contributed by atoms with E-state index in [0.717, 1.165) is 61.1 Å². The molecule has 0 bridgehead atoms. The molecule has 4 aliphatic heterocycles. The minimum absolute atomic E-state index is 0.0245. The summed E-state index contributed by atoms with van der Waals surface area (Å²) in [6.45, 7) is 17.6. The molecule has 12 rings (SSSR count). The van der Waals surface area contributed by atoms with Crippen LogP contribution in [0.1, 0.15) is 76.6 Å². The van der Waals surface area contributed by atoms with Gasteiger partial charge in [0.25, 0.3) is 11.1 Å². The number of aromatic nitrogens is 10. The number of hydrogen-bond donors (Lipinski definition) is 4. The van der Waals surface area contributed by atoms with Gasteiger partial charge in [0.15, 0.2) is 34.1 Å². The minimum Gasteiger partial charge on any atom is -0.375 e. The highest BCUT2D eigenvalue weighted by Gasteiger charge is 2.53. The number of hydrogen-bond acceptors (Lipinski definition) is 16. The molecule has 20 nitrogen and oxygen atoms in total. The molecule has 4 aliphatic rings. The van der Waals surface area contributed by atoms with Crippen LogP contribution in [0, 0.1) is 10.8 Å². The third-order valence-corrected chi connectivity index (χ3v) is 18.7. The van der Waals surface area contributed by atoms with Crippen LogP contribution < -0.4 is 31.6 Å². The molecule has 8 aromatic rings. The van der Waals surface area contributed by atoms with Crippen molar-refractivity contribution in [2.75, 3.05) is 86.9 Å². The number of benzene rings is 2. The second-order valence-corrected chi connectivity index (χ2v) is 24.7. The summed E-state index contributed by atoms with van der Waals surface area (Å²) in [6, 6.07) is 23.8. The second-order valence-electron chi connectivity index (χ2n) is 24.7. The lowest BCUT2D eigenvalue weighted by molar-refractivity contribution is -0.260. The second kappa shape index (κ2) is 24.7. The Morgan fingerprint density at radius 2 is 0.844 bits per heavy atom. The summed E-state index contributed by atoms with van der Waals surface area (Å²) in [5, 5.41) is 27.1. The Bertz CT molecular complexity index is 3750. The Morgan fingerprint density at radius 3 is 1.17 bits per heavy atom. The number of piperidine rings is 4. The topological polar surface area (TPSA) is 209 Å². The fourth-order valence-electron chi connectivity index (χ4n) is 12.6. The fraction of sp³-hybridized carbons (Fsp3) is 0.438. The Kier molecular flexibility index (Phi) is 17.3. The van der Waals surface area contributed by atoms with Gasteiger partial charge in [-0.3, -0.25) is 9.59 Å². The van der Waals surface area contributed by atoms with Crippen LogP contribution in [0.2, 0.25) is 0 Å². The summed E-state index contributed by atoms with van der Waals surface area (Å²) in [5.41, 5.74) is -3.55. The number of aliphatic hydroxyl groups is 2. The number of halogens is 6. The normalized spacial score (nSPS) is 18.7. The summed E-state index contributed by atoms with van der Waals surface area (Å²) < 4.78 is 86.7. The Morgan fingerprint density at radius 1 is 0.511 bits per heavy atom. The van der Waals surface area contributed by atoms with Crippen LogP contribution in [0.4, 0.5) is 61.0 Å². The molecule has 10 heterocycles. The van der Waals surface area contributed by atoms with Crippen LogP contribution in [0.25, 0.3) is 33.7 Å². The smallest absolute Gasteiger partial charge is 0.375 e. The van der Waals surface area contributed by atoms with Gasteiger partial charge in [-0.2, -0.15) is 36.3 Å². The third-order valence-electron chi connectivity index (χ3n) is 18.7. The number of alkyl halides is 6. The molecule has 2 spiro atoms. The Labute approximate surface area is 515 Å². The van der Waals surface area contributed by atoms with Gasteiger partial charge in [0, 0.05) is 61.3 Å². The molecular weight excluding hydrogens is 1170 g/mol. The molecule has 2 atom stereocenters. The number of likely N-dealkylation sites (tertiary alicyclic amines) is 2. The molecule has 0 radical (unpaired) electrons. The van der Waals surface area contributed by atoms with Gasteiger partial charge < -0.3 is 40.4 Å². The van der Waals surface area contributed by atoms with E-state index in [-0.39, 0.29) is 58.7 Å². The highest BCUT2D eigenvalue weighted by atomic mass is 19.4. The highest BCUT2D eigenvalue weighted by Crippen LogP contribution is 2.44. The largest absolute Gasteiger partial charge is 0.422 e. The first kappa shape index (κ1) is 63.1. The lowest BCUT2D eigenvalue weighted by Crippen LogP contribution is -2.46. The number of anilines is 6. The lowest BCUT2D eigenvalue weighted by Gasteiger charge is -2.46. The average Bonchev–Trinajstić information content (AvgIpc) is 1.58. The summed E-state index contributed by atoms with van der Waals surface area (Å²) in [7, 11) is 4.39. The molecule has 4 saturated heterocycles. The first-order valence-electron chi connectivity index (χ1n) is 30.2. The van der Waals surface area contributed by atoms with E-state index in [0.29, 0.717) is 24.7 Å². The molecule has 4 fully saturated rings. The number of nitrogens with zero attached hydrogens (tertiary/aromatic N) is 14. The number of allylic oxidation sites excluding steroid dienone is 2. The van der Waals surface area contributed by atoms with Crippen molar-refractivity contribution in [3.8, 4) is 11.6 Å². The van der Waals surface area contributed by atoms with Crippen molar-refractivity contribution in [3.05, 3.63) is 155 Å². The molecule has 0 saturated carbocycles. The molecule has 26 heteroatoms. The molecule has 476 valence electrons. The standard InChI is InChI=1S/2C32H37F3N8O2/c2*1-4-16-42-28(44)24-21-36-29(39-27(24)43(42)26-7-5-6-25(38-26)30(2,45)32(33,34)35)37-22-8-10-23(11-9-22)41-19-14-31(15-20-41)12-17-40(3)18-13-31/h2*4-11,21,45H,1,12-20H2,2-3H3,(H,36,37,39)/t2*30-/m10/s1. The van der Waals surface area contributed by atoms with Crippen molar-refractivity contribution in [2.24, 2.45) is 10.8 Å². The molecule has 2 aromatic carbocycles. The zero-order valence-electron chi connectivity index (χ0n) is 50.8. The number of rotatable bonds is 14. The maximum absolute atomic E-state index is 13.6. The Hall–Kier alpha value is -8.46. The predicted molar refractivity (Wildman–Crippen MR) is 334 cm³/mol. The van der Waals surface area contributed by atoms with Crippen molar-refractivity contribution < 1.29 is 36.6 Å². The van der Waals surface area contributed by atoms with Gasteiger partial charge in [0.2, 0.25) is 11.9 Å². The van der Waals surface area contributed by atoms with Crippen LogP contribution in [0.3, 0.4) is 0 Å². The van der Waals surface area contributed by atoms with Gasteiger partial charge in [0.1, 0.15) is 10.8 Å². The average molecular weight is 1250 g/mol. The van der Waals surface area contributed by atoms with Crippen LogP contribution in [-0.4, -0.2) is 147 Å². The van der Waals surface area contributed by atoms with Gasteiger partial charge in [-0.1, -0.05) is 24.3 Å². The van der Waals surface area contributed by atoms with Crippen molar-refractivity contribution in [1.29, 1.82) is 0 Å². The first-order valence-corrected chi connectivity index (χ1v) is 30.2. The monoisotopic (exact) mass is 1240 g/mol. The van der Waals surface area contributed by atoms with Crippen LogP contribution in [-0.2, 0) is 24.3 Å². The van der Waals surface area contributed by atoms with Gasteiger partial charge in [0.05, 0.1) is 24.5 Å². The number of pyridine rings is 2. The van der Waals surface area contributed by atoms with Gasteiger partial charge in [-0.25, -0.2) is 38.7 Å². The van der Waals surface area contributed by atoms with Gasteiger partial charge >= 0.3 is 12.4 Å². The van der Waals surface area contributed by atoms with Crippen LogP contribution >= 0.6 is 0 Å². The van der Waals surface area contributed by atoms with E-state index in [9.17, 15) is 46.1 Å². The summed E-state index contributed by atoms with van der Waals surface area (Å²) in [6.07, 6.45) is 5.67. The summed E-state index contributed by atoms with van der Waals surface area (Å²) in [4.78, 5) is 62.2. The van der Waals surface area contributed by atoms with Crippen LogP contribution in [0.5, 0.6) is 0 Å². The summed E-state index contributed by atoms with van der Waals surface area (Å²) >= 11 is 0. The van der Waals surface area contributed by atoms with E-state index >= 15 is 0 Å². The summed E-state index contributed by atoms with van der Waals surface area (Å²) in [5.74, 6) is 0.341. The number of fused-ring (bicyclic) bond motifs is 2. The predicted octanol–water partition coefficient (Wildman–Crippen LogP) is 9.98. The first-order chi connectivity index (χ1) is 42.8. The molecule has 90 heavy (non-hydrogen) atoms. The van der Waals surface area contributed by atoms with Gasteiger partial charge in [-0.05, 0) is 189 Å². The quantitative estimate of drug-likeness (QED) is 0.0590. The van der Waals surface area contributed by atoms with E-state index in [4.69, 9.17) is 0 Å². The SMILES string of the molecule is C=CCn1c(=O)c2cnc(Nc3ccc(N4CCC5(CCN(C)CC5)CC4)cc3)nc2n1-c1cccc([C@@](C)(O)C(F)(F)F)n1.C=CCn1c(=O)c2cnc(Nc3ccc(N4CCC5(CCN(C)CC5)CC4)cc3)nc2n1-c1cccc([C@](C)(O)C(F)(F)F)n1. The van der Waals surface area contributed by atoms with Crippen molar-refractivity contribution in [2.45, 2.75) is 102 Å². The third kappa shape index (κ3) is 12.6. The highest BCUT2D eigenvalue weighted by molar-refractivity contribution is 5.78. The Balaban J connectivity index is 0.000000185. The molecule has 6 aromatic heterocycles. The maximum atomic E-state index is 13.6. The molecular formula is C64H74F6N16O4. The zero-order valence-corrected chi connectivity index (χ0v) is 50.8. The fourth-order valence-corrected chi connectivity index (χ4v) is 12.6. The number of nitrogens with one attached hydrogen (secondary N) is 2. The van der Waals surface area contributed by atoms with E-state index in [1.807, 2.05) is 24.3 Å². The molecule has 0 aliphatic carbocycles. The van der Waals surface area contributed by atoms with Crippen molar-refractivity contribution >= 4 is 56.7 Å². The van der Waals surface area contributed by atoms with E-state index < -0.39 is 46.1 Å². The maximum Gasteiger partial charge on any atom is 0.422 e. The lowest BCUT2D eigenvalue weighted by atomic mass is 9.71. The van der Waals surface area contributed by atoms with Crippen molar-refractivity contribution in [1.82, 2.24) is 58.4 Å². The van der Waals surface area contributed by atoms with Gasteiger partial charge in [-0.15, -0.1) is 13.2 Å². The van der Waals surface area contributed by atoms with Crippen LogP contribution in [0.15, 0.2) is 132 Å². The van der Waals surface area contributed by atoms with E-state index in [1.54, 1.807) is 0 Å².